The predicted octanol–water partition coefficient (Wildman–Crippen LogP) is 2.70. The van der Waals surface area contributed by atoms with E-state index in [9.17, 15) is 4.79 Å². The van der Waals surface area contributed by atoms with Crippen LogP contribution in [0.3, 0.4) is 0 Å². The molecule has 2 rings (SSSR count). The molecule has 1 amide bonds. The summed E-state index contributed by atoms with van der Waals surface area (Å²) in [6.07, 6.45) is 0.893. The van der Waals surface area contributed by atoms with Gasteiger partial charge in [-0.1, -0.05) is 55.5 Å². The molecular weight excluding hydrogens is 262 g/mol. The molecule has 1 atom stereocenters. The van der Waals surface area contributed by atoms with Gasteiger partial charge in [-0.2, -0.15) is 0 Å². The molecule has 4 N–H and O–H groups in total. The molecule has 0 aliphatic rings. The first kappa shape index (κ1) is 15.1. The summed E-state index contributed by atoms with van der Waals surface area (Å²) in [7, 11) is 0. The van der Waals surface area contributed by atoms with Gasteiger partial charge in [0.1, 0.15) is 6.04 Å². The second-order valence-electron chi connectivity index (χ2n) is 4.97. The molecule has 0 fully saturated rings. The van der Waals surface area contributed by atoms with E-state index >= 15 is 0 Å². The summed E-state index contributed by atoms with van der Waals surface area (Å²) < 4.78 is 0. The quantitative estimate of drug-likeness (QED) is 0.739. The number of hydrazine groups is 1. The zero-order valence-corrected chi connectivity index (χ0v) is 12.4. The summed E-state index contributed by atoms with van der Waals surface area (Å²) in [6, 6.07) is 14.7. The van der Waals surface area contributed by atoms with Gasteiger partial charge in [0.05, 0.1) is 5.69 Å². The summed E-state index contributed by atoms with van der Waals surface area (Å²) in [4.78, 5) is 12.1. The van der Waals surface area contributed by atoms with Gasteiger partial charge in [-0.15, -0.1) is 0 Å². The number of aryl methyl sites for hydroxylation is 2. The maximum atomic E-state index is 12.1. The molecule has 21 heavy (non-hydrogen) atoms. The largest absolute Gasteiger partial charge is 0.316 e. The number of nitrogens with two attached hydrogens (primary N) is 1. The van der Waals surface area contributed by atoms with Gasteiger partial charge in [0.25, 0.3) is 5.91 Å². The summed E-state index contributed by atoms with van der Waals surface area (Å²) in [6.45, 7) is 4.09. The van der Waals surface area contributed by atoms with Gasteiger partial charge in [-0.25, -0.2) is 0 Å². The van der Waals surface area contributed by atoms with Crippen molar-refractivity contribution < 1.29 is 4.79 Å². The first-order valence-corrected chi connectivity index (χ1v) is 7.08. The first-order valence-electron chi connectivity index (χ1n) is 7.08. The number of para-hydroxylation sites is 1. The molecule has 0 aromatic heterocycles. The third-order valence-corrected chi connectivity index (χ3v) is 3.49. The maximum absolute atomic E-state index is 12.1. The average molecular weight is 283 g/mol. The van der Waals surface area contributed by atoms with E-state index in [-0.39, 0.29) is 5.91 Å². The third kappa shape index (κ3) is 3.61. The Kier molecular flexibility index (Phi) is 4.95. The Labute approximate surface area is 125 Å². The Bertz CT molecular complexity index is 611. The van der Waals surface area contributed by atoms with E-state index in [0.29, 0.717) is 0 Å². The van der Waals surface area contributed by atoms with E-state index in [4.69, 9.17) is 5.73 Å². The number of anilines is 1. The molecule has 2 aromatic carbocycles. The van der Waals surface area contributed by atoms with Crippen molar-refractivity contribution in [3.05, 3.63) is 65.2 Å². The molecule has 0 spiro atoms. The molecule has 0 bridgehead atoms. The number of rotatable bonds is 5. The van der Waals surface area contributed by atoms with Crippen LogP contribution in [0.4, 0.5) is 5.69 Å². The molecule has 4 heteroatoms. The van der Waals surface area contributed by atoms with E-state index in [1.54, 1.807) is 0 Å². The van der Waals surface area contributed by atoms with Crippen molar-refractivity contribution in [3.8, 4) is 0 Å². The van der Waals surface area contributed by atoms with E-state index in [0.717, 1.165) is 28.8 Å². The number of carbonyl (C=O) groups is 1. The monoisotopic (exact) mass is 283 g/mol. The van der Waals surface area contributed by atoms with E-state index in [2.05, 4.69) is 17.8 Å². The molecule has 1 unspecified atom stereocenters. The van der Waals surface area contributed by atoms with Crippen LogP contribution < -0.4 is 16.6 Å². The summed E-state index contributed by atoms with van der Waals surface area (Å²) >= 11 is 0. The second-order valence-corrected chi connectivity index (χ2v) is 4.97. The van der Waals surface area contributed by atoms with Crippen LogP contribution in [0.1, 0.15) is 29.7 Å². The summed E-state index contributed by atoms with van der Waals surface area (Å²) in [5.41, 5.74) is 15.6. The van der Waals surface area contributed by atoms with Crippen molar-refractivity contribution in [2.75, 3.05) is 5.43 Å². The predicted molar refractivity (Wildman–Crippen MR) is 85.7 cm³/mol. The van der Waals surface area contributed by atoms with E-state index in [1.165, 1.54) is 0 Å². The lowest BCUT2D eigenvalue weighted by atomic mass is 10.1. The molecule has 0 aliphatic carbocycles. The van der Waals surface area contributed by atoms with E-state index in [1.807, 2.05) is 55.5 Å². The number of nitrogens with one attached hydrogen (secondary N) is 2. The van der Waals surface area contributed by atoms with Crippen LogP contribution in [0.2, 0.25) is 0 Å². The zero-order chi connectivity index (χ0) is 15.2. The van der Waals surface area contributed by atoms with Crippen molar-refractivity contribution >= 4 is 11.6 Å². The number of hydrogen-bond donors (Lipinski definition) is 3. The second kappa shape index (κ2) is 6.90. The van der Waals surface area contributed by atoms with Crippen LogP contribution in [0.5, 0.6) is 0 Å². The SMILES string of the molecule is CCc1cccc(C)c1NNC(=O)C(N)c1ccccc1. The molecule has 0 saturated carbocycles. The lowest BCUT2D eigenvalue weighted by molar-refractivity contribution is -0.122. The fraction of sp³-hybridized carbons (Fsp3) is 0.235. The Morgan fingerprint density at radius 1 is 1.14 bits per heavy atom. The minimum Gasteiger partial charge on any atom is -0.316 e. The van der Waals surface area contributed by atoms with Crippen molar-refractivity contribution in [3.63, 3.8) is 0 Å². The molecule has 4 nitrogen and oxygen atoms in total. The smallest absolute Gasteiger partial charge is 0.259 e. The normalized spacial score (nSPS) is 11.8. The highest BCUT2D eigenvalue weighted by Gasteiger charge is 2.15. The van der Waals surface area contributed by atoms with Gasteiger partial charge in [-0.05, 0) is 30.0 Å². The Balaban J connectivity index is 2.05. The Morgan fingerprint density at radius 2 is 1.86 bits per heavy atom. The highest BCUT2D eigenvalue weighted by atomic mass is 16.2. The number of benzene rings is 2. The average Bonchev–Trinajstić information content (AvgIpc) is 2.53. The van der Waals surface area contributed by atoms with Gasteiger partial charge in [0, 0.05) is 0 Å². The Hall–Kier alpha value is -2.33. The maximum Gasteiger partial charge on any atom is 0.259 e. The van der Waals surface area contributed by atoms with Gasteiger partial charge >= 0.3 is 0 Å². The number of amides is 1. The number of carbonyl (C=O) groups excluding carboxylic acids is 1. The van der Waals surface area contributed by atoms with Gasteiger partial charge in [0.15, 0.2) is 0 Å². The van der Waals surface area contributed by atoms with Crippen LogP contribution in [-0.2, 0) is 11.2 Å². The van der Waals surface area contributed by atoms with Crippen LogP contribution in [0.25, 0.3) is 0 Å². The molecular formula is C17H21N3O. The molecule has 0 saturated heterocycles. The van der Waals surface area contributed by atoms with Gasteiger partial charge in [0.2, 0.25) is 0 Å². The van der Waals surface area contributed by atoms with Gasteiger partial charge < -0.3 is 5.73 Å². The fourth-order valence-corrected chi connectivity index (χ4v) is 2.22. The molecule has 0 aliphatic heterocycles. The topological polar surface area (TPSA) is 67.1 Å². The van der Waals surface area contributed by atoms with Crippen LogP contribution in [0.15, 0.2) is 48.5 Å². The standard InChI is InChI=1S/C17H21N3O/c1-3-13-11-7-8-12(2)16(13)19-20-17(21)15(18)14-9-5-4-6-10-14/h4-11,15,19H,3,18H2,1-2H3,(H,20,21). The Morgan fingerprint density at radius 3 is 2.52 bits per heavy atom. The molecule has 2 aromatic rings. The number of hydrogen-bond acceptors (Lipinski definition) is 3. The lowest BCUT2D eigenvalue weighted by Crippen LogP contribution is -2.38. The van der Waals surface area contributed by atoms with Crippen molar-refractivity contribution in [1.29, 1.82) is 0 Å². The van der Waals surface area contributed by atoms with Gasteiger partial charge in [-0.3, -0.25) is 15.6 Å². The van der Waals surface area contributed by atoms with E-state index < -0.39 is 6.04 Å². The molecule has 0 heterocycles. The summed E-state index contributed by atoms with van der Waals surface area (Å²) in [5, 5.41) is 0. The highest BCUT2D eigenvalue weighted by Crippen LogP contribution is 2.20. The fourth-order valence-electron chi connectivity index (χ4n) is 2.22. The van der Waals surface area contributed by atoms with Crippen molar-refractivity contribution in [2.24, 2.45) is 5.73 Å². The third-order valence-electron chi connectivity index (χ3n) is 3.49. The van der Waals surface area contributed by atoms with Crippen LogP contribution in [-0.4, -0.2) is 5.91 Å². The van der Waals surface area contributed by atoms with Crippen molar-refractivity contribution in [2.45, 2.75) is 26.3 Å². The summed E-state index contributed by atoms with van der Waals surface area (Å²) in [5.74, 6) is -0.258. The minimum atomic E-state index is -0.687. The lowest BCUT2D eigenvalue weighted by Gasteiger charge is -2.17. The minimum absolute atomic E-state index is 0.258. The molecule has 0 radical (unpaired) electrons. The molecule has 110 valence electrons. The highest BCUT2D eigenvalue weighted by molar-refractivity contribution is 5.84. The van der Waals surface area contributed by atoms with Crippen molar-refractivity contribution in [1.82, 2.24) is 5.43 Å². The van der Waals surface area contributed by atoms with Crippen LogP contribution in [0, 0.1) is 6.92 Å². The van der Waals surface area contributed by atoms with Crippen LogP contribution >= 0.6 is 0 Å². The zero-order valence-electron chi connectivity index (χ0n) is 12.4. The first-order chi connectivity index (χ1) is 10.1.